The minimum absolute atomic E-state index is 0.0961. The van der Waals surface area contributed by atoms with Crippen LogP contribution in [-0.4, -0.2) is 23.4 Å². The lowest BCUT2D eigenvalue weighted by Gasteiger charge is -2.28. The third-order valence-electron chi connectivity index (χ3n) is 3.68. The maximum Gasteiger partial charge on any atom is 0.254 e. The van der Waals surface area contributed by atoms with Crippen LogP contribution in [-0.2, 0) is 5.88 Å². The minimum atomic E-state index is 0.0961. The van der Waals surface area contributed by atoms with Crippen LogP contribution in [0.25, 0.3) is 0 Å². The van der Waals surface area contributed by atoms with Crippen LogP contribution < -0.4 is 0 Å². The summed E-state index contributed by atoms with van der Waals surface area (Å²) in [5.41, 5.74) is 1.71. The summed E-state index contributed by atoms with van der Waals surface area (Å²) in [6.07, 6.45) is 6.45. The second-order valence-corrected chi connectivity index (χ2v) is 5.29. The third-order valence-corrected chi connectivity index (χ3v) is 3.99. The van der Waals surface area contributed by atoms with E-state index in [0.717, 1.165) is 24.0 Å². The van der Waals surface area contributed by atoms with E-state index in [1.54, 1.807) is 0 Å². The summed E-state index contributed by atoms with van der Waals surface area (Å²) >= 11 is 5.83. The molecule has 0 saturated heterocycles. The summed E-state index contributed by atoms with van der Waals surface area (Å²) in [6, 6.07) is 7.96. The molecule has 102 valence electrons. The zero-order valence-corrected chi connectivity index (χ0v) is 11.9. The molecule has 0 atom stereocenters. The van der Waals surface area contributed by atoms with Crippen LogP contribution in [0.5, 0.6) is 0 Å². The second-order valence-electron chi connectivity index (χ2n) is 5.02. The predicted octanol–water partition coefficient (Wildman–Crippen LogP) is 4.00. The number of alkyl halides is 1. The van der Waals surface area contributed by atoms with E-state index in [0.29, 0.717) is 18.5 Å². The molecule has 1 aliphatic rings. The molecular formula is C16H20ClNO. The van der Waals surface area contributed by atoms with E-state index in [1.165, 1.54) is 12.8 Å². The fourth-order valence-electron chi connectivity index (χ4n) is 2.71. The van der Waals surface area contributed by atoms with Gasteiger partial charge in [0.1, 0.15) is 0 Å². The number of hydrogen-bond acceptors (Lipinski definition) is 1. The van der Waals surface area contributed by atoms with Crippen molar-refractivity contribution in [2.24, 2.45) is 0 Å². The number of nitrogens with zero attached hydrogens (tertiary/aromatic N) is 1. The monoisotopic (exact) mass is 277 g/mol. The predicted molar refractivity (Wildman–Crippen MR) is 79.5 cm³/mol. The smallest absolute Gasteiger partial charge is 0.254 e. The zero-order chi connectivity index (χ0) is 13.7. The summed E-state index contributed by atoms with van der Waals surface area (Å²) in [7, 11) is 0. The van der Waals surface area contributed by atoms with Gasteiger partial charge in [0.05, 0.1) is 0 Å². The molecular weight excluding hydrogens is 258 g/mol. The fraction of sp³-hybridized carbons (Fsp3) is 0.438. The molecule has 0 N–H and O–H groups in total. The molecule has 1 aromatic rings. The standard InChI is InChI=1S/C16H20ClNO/c1-2-10-18(15-8-3-4-9-15)16(19)14-7-5-6-13(11-14)12-17/h2,5-7,11,15H,1,3-4,8-10,12H2. The van der Waals surface area contributed by atoms with Gasteiger partial charge in [0.25, 0.3) is 5.91 Å². The lowest BCUT2D eigenvalue weighted by atomic mass is 10.1. The first-order valence-corrected chi connectivity index (χ1v) is 7.36. The minimum Gasteiger partial charge on any atom is -0.332 e. The number of amides is 1. The number of halogens is 1. The van der Waals surface area contributed by atoms with E-state index >= 15 is 0 Å². The van der Waals surface area contributed by atoms with Gasteiger partial charge in [0.15, 0.2) is 0 Å². The maximum absolute atomic E-state index is 12.6. The van der Waals surface area contributed by atoms with Gasteiger partial charge in [-0.25, -0.2) is 0 Å². The molecule has 3 heteroatoms. The first-order valence-electron chi connectivity index (χ1n) is 6.83. The average molecular weight is 278 g/mol. The molecule has 1 aromatic carbocycles. The van der Waals surface area contributed by atoms with Crippen molar-refractivity contribution in [3.8, 4) is 0 Å². The van der Waals surface area contributed by atoms with Gasteiger partial charge in [-0.1, -0.05) is 31.1 Å². The van der Waals surface area contributed by atoms with Crippen molar-refractivity contribution in [1.82, 2.24) is 4.90 Å². The normalized spacial score (nSPS) is 15.4. The Labute approximate surface area is 120 Å². The molecule has 0 aromatic heterocycles. The summed E-state index contributed by atoms with van der Waals surface area (Å²) in [6.45, 7) is 4.39. The molecule has 0 radical (unpaired) electrons. The molecule has 0 aliphatic heterocycles. The van der Waals surface area contributed by atoms with E-state index in [1.807, 2.05) is 35.2 Å². The first kappa shape index (κ1) is 14.1. The summed E-state index contributed by atoms with van der Waals surface area (Å²) in [5.74, 6) is 0.533. The molecule has 0 spiro atoms. The van der Waals surface area contributed by atoms with Crippen molar-refractivity contribution in [1.29, 1.82) is 0 Å². The quantitative estimate of drug-likeness (QED) is 0.588. The van der Waals surface area contributed by atoms with Crippen LogP contribution >= 0.6 is 11.6 Å². The highest BCUT2D eigenvalue weighted by molar-refractivity contribution is 6.17. The maximum atomic E-state index is 12.6. The lowest BCUT2D eigenvalue weighted by Crippen LogP contribution is -2.38. The number of hydrogen-bond donors (Lipinski definition) is 0. The second kappa shape index (κ2) is 6.76. The van der Waals surface area contributed by atoms with Crippen molar-refractivity contribution in [2.45, 2.75) is 37.6 Å². The first-order chi connectivity index (χ1) is 9.26. The Bertz CT molecular complexity index is 452. The largest absolute Gasteiger partial charge is 0.332 e. The van der Waals surface area contributed by atoms with E-state index in [4.69, 9.17) is 11.6 Å². The van der Waals surface area contributed by atoms with Crippen LogP contribution in [0.1, 0.15) is 41.6 Å². The molecule has 2 nitrogen and oxygen atoms in total. The van der Waals surface area contributed by atoms with Crippen molar-refractivity contribution in [3.05, 3.63) is 48.0 Å². The molecule has 1 amide bonds. The molecule has 0 heterocycles. The SMILES string of the molecule is C=CCN(C(=O)c1cccc(CCl)c1)C1CCCC1. The fourth-order valence-corrected chi connectivity index (χ4v) is 2.87. The third kappa shape index (κ3) is 3.38. The Balaban J connectivity index is 2.19. The van der Waals surface area contributed by atoms with E-state index in [2.05, 4.69) is 6.58 Å². The highest BCUT2D eigenvalue weighted by Gasteiger charge is 2.26. The number of carbonyl (C=O) groups is 1. The van der Waals surface area contributed by atoms with Crippen molar-refractivity contribution < 1.29 is 4.79 Å². The Hall–Kier alpha value is -1.28. The van der Waals surface area contributed by atoms with Gasteiger partial charge in [-0.05, 0) is 30.5 Å². The Morgan fingerprint density at radius 2 is 2.16 bits per heavy atom. The molecule has 1 fully saturated rings. The van der Waals surface area contributed by atoms with Crippen LogP contribution in [0, 0.1) is 0 Å². The van der Waals surface area contributed by atoms with Crippen molar-refractivity contribution in [3.63, 3.8) is 0 Å². The number of rotatable bonds is 5. The average Bonchev–Trinajstić information content (AvgIpc) is 2.98. The van der Waals surface area contributed by atoms with Crippen LogP contribution in [0.15, 0.2) is 36.9 Å². The van der Waals surface area contributed by atoms with Gasteiger partial charge in [0.2, 0.25) is 0 Å². The van der Waals surface area contributed by atoms with Gasteiger partial charge in [-0.2, -0.15) is 0 Å². The molecule has 1 saturated carbocycles. The molecule has 0 bridgehead atoms. The zero-order valence-electron chi connectivity index (χ0n) is 11.1. The number of carbonyl (C=O) groups excluding carboxylic acids is 1. The lowest BCUT2D eigenvalue weighted by molar-refractivity contribution is 0.0706. The summed E-state index contributed by atoms with van der Waals surface area (Å²) in [5, 5.41) is 0. The Kier molecular flexibility index (Phi) is 5.03. The Morgan fingerprint density at radius 3 is 2.79 bits per heavy atom. The summed E-state index contributed by atoms with van der Waals surface area (Å²) < 4.78 is 0. The topological polar surface area (TPSA) is 20.3 Å². The van der Waals surface area contributed by atoms with Crippen molar-refractivity contribution >= 4 is 17.5 Å². The molecule has 1 aliphatic carbocycles. The molecule has 19 heavy (non-hydrogen) atoms. The molecule has 2 rings (SSSR count). The van der Waals surface area contributed by atoms with Crippen molar-refractivity contribution in [2.75, 3.05) is 6.54 Å². The number of benzene rings is 1. The van der Waals surface area contributed by atoms with E-state index < -0.39 is 0 Å². The summed E-state index contributed by atoms with van der Waals surface area (Å²) in [4.78, 5) is 14.6. The van der Waals surface area contributed by atoms with Gasteiger partial charge in [-0.3, -0.25) is 4.79 Å². The highest BCUT2D eigenvalue weighted by atomic mass is 35.5. The van der Waals surface area contributed by atoms with Crippen LogP contribution in [0.3, 0.4) is 0 Å². The molecule has 0 unspecified atom stereocenters. The van der Waals surface area contributed by atoms with Gasteiger partial charge < -0.3 is 4.90 Å². The van der Waals surface area contributed by atoms with E-state index in [-0.39, 0.29) is 5.91 Å². The van der Waals surface area contributed by atoms with Gasteiger partial charge in [-0.15, -0.1) is 18.2 Å². The van der Waals surface area contributed by atoms with Gasteiger partial charge >= 0.3 is 0 Å². The van der Waals surface area contributed by atoms with E-state index in [9.17, 15) is 4.79 Å². The van der Waals surface area contributed by atoms with Crippen LogP contribution in [0.4, 0.5) is 0 Å². The van der Waals surface area contributed by atoms with Gasteiger partial charge in [0, 0.05) is 24.0 Å². The Morgan fingerprint density at radius 1 is 1.42 bits per heavy atom. The van der Waals surface area contributed by atoms with Crippen LogP contribution in [0.2, 0.25) is 0 Å². The highest BCUT2D eigenvalue weighted by Crippen LogP contribution is 2.25.